The molecule has 27 heavy (non-hydrogen) atoms. The van der Waals surface area contributed by atoms with E-state index in [9.17, 15) is 4.79 Å². The number of nitrogens with zero attached hydrogens (tertiary/aromatic N) is 3. The fourth-order valence-corrected chi connectivity index (χ4v) is 4.30. The lowest BCUT2D eigenvalue weighted by Gasteiger charge is -2.19. The van der Waals surface area contributed by atoms with E-state index in [4.69, 9.17) is 9.72 Å². The zero-order valence-corrected chi connectivity index (χ0v) is 17.3. The number of thiazole rings is 1. The minimum absolute atomic E-state index is 0.0554. The van der Waals surface area contributed by atoms with E-state index in [1.54, 1.807) is 29.4 Å². The maximum atomic E-state index is 12.9. The third-order valence-corrected chi connectivity index (χ3v) is 5.89. The number of anilines is 1. The highest BCUT2D eigenvalue weighted by Gasteiger charge is 2.19. The van der Waals surface area contributed by atoms with Crippen LogP contribution in [-0.4, -0.2) is 50.1 Å². The average Bonchev–Trinajstić information content (AvgIpc) is 3.31. The highest BCUT2D eigenvalue weighted by atomic mass is 32.1. The molecule has 2 heterocycles. The molecule has 0 saturated carbocycles. The van der Waals surface area contributed by atoms with Gasteiger partial charge in [0.05, 0.1) is 11.8 Å². The Morgan fingerprint density at radius 3 is 2.78 bits per heavy atom. The summed E-state index contributed by atoms with van der Waals surface area (Å²) in [5, 5.41) is 2.70. The number of hydrogen-bond donors (Lipinski definition) is 0. The van der Waals surface area contributed by atoms with Gasteiger partial charge in [0.25, 0.3) is 5.91 Å². The molecule has 0 unspecified atom stereocenters. The van der Waals surface area contributed by atoms with Gasteiger partial charge in [-0.1, -0.05) is 23.5 Å². The first-order valence-electron chi connectivity index (χ1n) is 8.70. The van der Waals surface area contributed by atoms with Gasteiger partial charge in [-0.25, -0.2) is 4.98 Å². The summed E-state index contributed by atoms with van der Waals surface area (Å²) < 4.78 is 6.42. The summed E-state index contributed by atoms with van der Waals surface area (Å²) in [4.78, 5) is 22.5. The Morgan fingerprint density at radius 2 is 2.07 bits per heavy atom. The van der Waals surface area contributed by atoms with Crippen molar-refractivity contribution in [3.63, 3.8) is 0 Å². The number of hydrogen-bond acceptors (Lipinski definition) is 6. The molecular weight excluding hydrogens is 378 g/mol. The average molecular weight is 402 g/mol. The molecule has 142 valence electrons. The number of amides is 1. The number of thiophene rings is 1. The van der Waals surface area contributed by atoms with Gasteiger partial charge in [0, 0.05) is 17.5 Å². The largest absolute Gasteiger partial charge is 0.494 e. The van der Waals surface area contributed by atoms with Crippen molar-refractivity contribution >= 4 is 50.0 Å². The number of ether oxygens (including phenoxy) is 1. The quantitative estimate of drug-likeness (QED) is 0.526. The lowest BCUT2D eigenvalue weighted by molar-refractivity contribution is -0.114. The zero-order valence-electron chi connectivity index (χ0n) is 15.7. The first-order chi connectivity index (χ1) is 13.1. The van der Waals surface area contributed by atoms with Crippen LogP contribution in [0.3, 0.4) is 0 Å². The monoisotopic (exact) mass is 401 g/mol. The van der Waals surface area contributed by atoms with Crippen molar-refractivity contribution in [3.05, 3.63) is 46.7 Å². The molecule has 3 rings (SSSR count). The number of carbonyl (C=O) groups is 1. The summed E-state index contributed by atoms with van der Waals surface area (Å²) in [5.74, 6) is 0.671. The molecule has 0 aliphatic heterocycles. The Hall–Kier alpha value is -2.22. The van der Waals surface area contributed by atoms with E-state index >= 15 is 0 Å². The van der Waals surface area contributed by atoms with Crippen molar-refractivity contribution in [1.82, 2.24) is 9.88 Å². The molecule has 0 saturated heterocycles. The summed E-state index contributed by atoms with van der Waals surface area (Å²) >= 11 is 3.12. The number of benzene rings is 1. The van der Waals surface area contributed by atoms with Crippen molar-refractivity contribution in [2.75, 3.05) is 39.2 Å². The molecule has 0 fully saturated rings. The third kappa shape index (κ3) is 4.94. The van der Waals surface area contributed by atoms with Crippen LogP contribution in [0.25, 0.3) is 16.3 Å². The second kappa shape index (κ2) is 9.12. The molecule has 0 radical (unpaired) electrons. The van der Waals surface area contributed by atoms with Crippen molar-refractivity contribution in [2.45, 2.75) is 6.42 Å². The highest BCUT2D eigenvalue weighted by molar-refractivity contribution is 7.22. The van der Waals surface area contributed by atoms with Gasteiger partial charge in [-0.2, -0.15) is 0 Å². The molecule has 0 N–H and O–H groups in total. The van der Waals surface area contributed by atoms with Crippen molar-refractivity contribution in [1.29, 1.82) is 0 Å². The lowest BCUT2D eigenvalue weighted by Crippen LogP contribution is -2.32. The van der Waals surface area contributed by atoms with E-state index in [1.807, 2.05) is 55.9 Å². The fourth-order valence-electron chi connectivity index (χ4n) is 2.67. The molecule has 5 nitrogen and oxygen atoms in total. The predicted molar refractivity (Wildman–Crippen MR) is 115 cm³/mol. The summed E-state index contributed by atoms with van der Waals surface area (Å²) in [5.41, 5.74) is 0.799. The summed E-state index contributed by atoms with van der Waals surface area (Å²) in [6.07, 6.45) is 4.36. The Bertz CT molecular complexity index is 917. The second-order valence-corrected chi connectivity index (χ2v) is 8.29. The number of rotatable bonds is 8. The van der Waals surface area contributed by atoms with Crippen LogP contribution in [0.4, 0.5) is 5.13 Å². The minimum Gasteiger partial charge on any atom is -0.494 e. The highest BCUT2D eigenvalue weighted by Crippen LogP contribution is 2.34. The molecular formula is C20H23N3O2S2. The molecule has 0 aliphatic rings. The maximum Gasteiger partial charge on any atom is 0.252 e. The minimum atomic E-state index is -0.0554. The van der Waals surface area contributed by atoms with E-state index in [2.05, 4.69) is 4.90 Å². The summed E-state index contributed by atoms with van der Waals surface area (Å²) in [7, 11) is 5.70. The molecule has 0 spiro atoms. The van der Waals surface area contributed by atoms with Crippen molar-refractivity contribution in [3.8, 4) is 5.75 Å². The fraction of sp³-hybridized carbons (Fsp3) is 0.300. The van der Waals surface area contributed by atoms with E-state index in [1.165, 1.54) is 11.3 Å². The SMILES string of the molecule is COc1cccc2sc(N(CCCN(C)C)C(=O)C=Cc3cccs3)nc12. The standard InChI is InChI=1S/C20H23N3O2S2/c1-22(2)12-6-13-23(18(24)11-10-15-7-5-14-26-15)20-21-19-16(25-3)8-4-9-17(19)27-20/h4-5,7-11,14H,6,12-13H2,1-3H3. The molecule has 1 aromatic carbocycles. The van der Waals surface area contributed by atoms with E-state index < -0.39 is 0 Å². The topological polar surface area (TPSA) is 45.7 Å². The second-order valence-electron chi connectivity index (χ2n) is 6.30. The third-order valence-electron chi connectivity index (χ3n) is 4.01. The van der Waals surface area contributed by atoms with E-state index in [-0.39, 0.29) is 5.91 Å². The van der Waals surface area contributed by atoms with Gasteiger partial charge in [0.1, 0.15) is 11.3 Å². The molecule has 0 bridgehead atoms. The van der Waals surface area contributed by atoms with Gasteiger partial charge in [-0.05, 0) is 56.7 Å². The number of carbonyl (C=O) groups excluding carboxylic acids is 1. The van der Waals surface area contributed by atoms with Crippen LogP contribution in [0.2, 0.25) is 0 Å². The van der Waals surface area contributed by atoms with Gasteiger partial charge in [0.2, 0.25) is 0 Å². The molecule has 1 amide bonds. The van der Waals surface area contributed by atoms with Gasteiger partial charge in [0.15, 0.2) is 5.13 Å². The lowest BCUT2D eigenvalue weighted by atomic mass is 10.3. The number of aromatic nitrogens is 1. The van der Waals surface area contributed by atoms with Crippen LogP contribution in [0.15, 0.2) is 41.8 Å². The Labute approximate surface area is 167 Å². The number of para-hydroxylation sites is 1. The normalized spacial score (nSPS) is 11.6. The van der Waals surface area contributed by atoms with Crippen LogP contribution >= 0.6 is 22.7 Å². The van der Waals surface area contributed by atoms with Crippen molar-refractivity contribution < 1.29 is 9.53 Å². The van der Waals surface area contributed by atoms with Gasteiger partial charge in [-0.3, -0.25) is 9.69 Å². The number of methoxy groups -OCH3 is 1. The van der Waals surface area contributed by atoms with Crippen molar-refractivity contribution in [2.24, 2.45) is 0 Å². The van der Waals surface area contributed by atoms with Crippen LogP contribution in [0.5, 0.6) is 5.75 Å². The predicted octanol–water partition coefficient (Wildman–Crippen LogP) is 4.36. The Kier molecular flexibility index (Phi) is 6.60. The molecule has 2 aromatic heterocycles. The summed E-state index contributed by atoms with van der Waals surface area (Å²) in [6, 6.07) is 9.80. The molecule has 3 aromatic rings. The molecule has 0 atom stereocenters. The zero-order chi connectivity index (χ0) is 19.2. The van der Waals surface area contributed by atoms with E-state index in [0.29, 0.717) is 11.7 Å². The van der Waals surface area contributed by atoms with Crippen LogP contribution in [0.1, 0.15) is 11.3 Å². The van der Waals surface area contributed by atoms with Crippen LogP contribution in [-0.2, 0) is 4.79 Å². The van der Waals surface area contributed by atoms with Gasteiger partial charge in [-0.15, -0.1) is 11.3 Å². The Morgan fingerprint density at radius 1 is 1.22 bits per heavy atom. The summed E-state index contributed by atoms with van der Waals surface area (Å²) in [6.45, 7) is 1.53. The van der Waals surface area contributed by atoms with Gasteiger partial charge < -0.3 is 9.64 Å². The first-order valence-corrected chi connectivity index (χ1v) is 10.4. The number of fused-ring (bicyclic) bond motifs is 1. The Balaban J connectivity index is 1.87. The first kappa shape index (κ1) is 19.5. The maximum absolute atomic E-state index is 12.9. The van der Waals surface area contributed by atoms with Crippen LogP contribution < -0.4 is 9.64 Å². The van der Waals surface area contributed by atoms with Crippen LogP contribution in [0, 0.1) is 0 Å². The smallest absolute Gasteiger partial charge is 0.252 e. The molecule has 7 heteroatoms. The molecule has 0 aliphatic carbocycles. The van der Waals surface area contributed by atoms with E-state index in [0.717, 1.165) is 33.8 Å². The van der Waals surface area contributed by atoms with Gasteiger partial charge >= 0.3 is 0 Å².